The van der Waals surface area contributed by atoms with Crippen molar-refractivity contribution in [2.75, 3.05) is 5.32 Å². The van der Waals surface area contributed by atoms with E-state index in [0.29, 0.717) is 21.2 Å². The topological polar surface area (TPSA) is 52.0 Å². The molecule has 2 aliphatic rings. The Morgan fingerprint density at radius 1 is 1.19 bits per heavy atom. The smallest absolute Gasteiger partial charge is 0.226 e. The molecule has 2 aromatic carbocycles. The first-order valence-electron chi connectivity index (χ1n) is 9.45. The van der Waals surface area contributed by atoms with Crippen molar-refractivity contribution in [1.29, 1.82) is 0 Å². The molecule has 0 spiro atoms. The summed E-state index contributed by atoms with van der Waals surface area (Å²) < 4.78 is 22.7. The van der Waals surface area contributed by atoms with E-state index in [2.05, 4.69) is 37.4 Å². The third-order valence-electron chi connectivity index (χ3n) is 5.44. The van der Waals surface area contributed by atoms with Gasteiger partial charge in [-0.15, -0.1) is 11.3 Å². The molecule has 4 aromatic rings. The predicted molar refractivity (Wildman–Crippen MR) is 122 cm³/mol. The molecule has 2 unspecified atom stereocenters. The van der Waals surface area contributed by atoms with Crippen LogP contribution in [0.15, 0.2) is 70.3 Å². The molecule has 2 aliphatic heterocycles. The van der Waals surface area contributed by atoms with E-state index < -0.39 is 6.10 Å². The summed E-state index contributed by atoms with van der Waals surface area (Å²) in [6.45, 7) is 0. The molecule has 9 heteroatoms. The molecule has 2 atom stereocenters. The molecule has 1 N–H and O–H groups in total. The van der Waals surface area contributed by atoms with Gasteiger partial charge in [-0.25, -0.2) is 9.07 Å². The Morgan fingerprint density at radius 2 is 2.10 bits per heavy atom. The number of anilines is 1. The van der Waals surface area contributed by atoms with Crippen LogP contribution < -0.4 is 10.1 Å². The van der Waals surface area contributed by atoms with Crippen LogP contribution in [0, 0.1) is 5.82 Å². The van der Waals surface area contributed by atoms with Gasteiger partial charge in [0.05, 0.1) is 10.2 Å². The number of benzene rings is 2. The minimum atomic E-state index is -0.461. The summed E-state index contributed by atoms with van der Waals surface area (Å²) in [5.41, 5.74) is 3.53. The number of ether oxygens (including phenoxy) is 1. The molecule has 0 fully saturated rings. The molecule has 4 heterocycles. The van der Waals surface area contributed by atoms with E-state index >= 15 is 0 Å². The van der Waals surface area contributed by atoms with Gasteiger partial charge in [0.15, 0.2) is 0 Å². The second kappa shape index (κ2) is 7.19. The number of halogens is 3. The number of thiophene rings is 1. The quantitative estimate of drug-likeness (QED) is 0.333. The molecule has 6 rings (SSSR count). The maximum atomic E-state index is 14.0. The van der Waals surface area contributed by atoms with E-state index in [0.717, 1.165) is 27.3 Å². The van der Waals surface area contributed by atoms with Crippen molar-refractivity contribution in [3.05, 3.63) is 97.1 Å². The van der Waals surface area contributed by atoms with E-state index in [9.17, 15) is 4.39 Å². The predicted octanol–water partition coefficient (Wildman–Crippen LogP) is 6.45. The second-order valence-corrected chi connectivity index (χ2v) is 9.48. The van der Waals surface area contributed by atoms with Gasteiger partial charge in [-0.1, -0.05) is 23.7 Å². The maximum Gasteiger partial charge on any atom is 0.226 e. The number of nitrogens with one attached hydrogen (secondary N) is 1. The maximum absolute atomic E-state index is 14.0. The molecule has 2 aromatic heterocycles. The van der Waals surface area contributed by atoms with Gasteiger partial charge >= 0.3 is 0 Å². The average Bonchev–Trinajstić information content (AvgIpc) is 3.46. The number of aromatic nitrogens is 3. The lowest BCUT2D eigenvalue weighted by atomic mass is 9.87. The van der Waals surface area contributed by atoms with E-state index in [1.165, 1.54) is 12.4 Å². The van der Waals surface area contributed by atoms with Crippen LogP contribution >= 0.6 is 38.9 Å². The van der Waals surface area contributed by atoms with E-state index in [1.807, 2.05) is 28.3 Å². The average molecular weight is 516 g/mol. The first kappa shape index (κ1) is 19.0. The van der Waals surface area contributed by atoms with Crippen LogP contribution in [0.5, 0.6) is 5.75 Å². The van der Waals surface area contributed by atoms with Crippen molar-refractivity contribution < 1.29 is 9.13 Å². The molecule has 0 bridgehead atoms. The van der Waals surface area contributed by atoms with Gasteiger partial charge in [-0.05, 0) is 63.3 Å². The molecule has 31 heavy (non-hydrogen) atoms. The van der Waals surface area contributed by atoms with E-state index in [4.69, 9.17) is 16.3 Å². The molecule has 0 aliphatic carbocycles. The SMILES string of the molecule is Fc1ccc(C2Oc3ccc(Cl)cc3C3=C2C(c2cccs2)n2ncnc2N3)cc1Br. The van der Waals surface area contributed by atoms with Crippen molar-refractivity contribution >= 4 is 50.5 Å². The molecule has 5 nitrogen and oxygen atoms in total. The fourth-order valence-corrected chi connectivity index (χ4v) is 5.51. The molecular weight excluding hydrogens is 503 g/mol. The van der Waals surface area contributed by atoms with Crippen LogP contribution in [-0.2, 0) is 0 Å². The Morgan fingerprint density at radius 3 is 2.90 bits per heavy atom. The number of rotatable bonds is 2. The monoisotopic (exact) mass is 514 g/mol. The fourth-order valence-electron chi connectivity index (χ4n) is 4.11. The Balaban J connectivity index is 1.64. The van der Waals surface area contributed by atoms with Crippen molar-refractivity contribution in [1.82, 2.24) is 14.8 Å². The number of hydrogen-bond donors (Lipinski definition) is 1. The standard InChI is InChI=1S/C22H13BrClFN4OS/c23-14-8-11(3-5-15(14)25)21-18-19(13-9-12(24)4-6-16(13)30-21)28-22-26-10-27-29(22)20(18)17-2-1-7-31-17/h1-10,20-21H,(H,26,27,28). The van der Waals surface area contributed by atoms with Gasteiger partial charge in [-0.3, -0.25) is 0 Å². The summed E-state index contributed by atoms with van der Waals surface area (Å²) in [7, 11) is 0. The molecule has 0 saturated heterocycles. The molecule has 0 radical (unpaired) electrons. The second-order valence-electron chi connectivity index (χ2n) is 7.21. The summed E-state index contributed by atoms with van der Waals surface area (Å²) in [5, 5.41) is 10.6. The van der Waals surface area contributed by atoms with Crippen molar-refractivity contribution in [2.45, 2.75) is 12.1 Å². The minimum absolute atomic E-state index is 0.227. The first-order chi connectivity index (χ1) is 15.1. The Kier molecular flexibility index (Phi) is 4.41. The van der Waals surface area contributed by atoms with Gasteiger partial charge in [0, 0.05) is 21.0 Å². The first-order valence-corrected chi connectivity index (χ1v) is 11.5. The third kappa shape index (κ3) is 3.01. The highest BCUT2D eigenvalue weighted by Gasteiger charge is 2.41. The van der Waals surface area contributed by atoms with Crippen LogP contribution in [-0.4, -0.2) is 14.8 Å². The Labute approximate surface area is 194 Å². The minimum Gasteiger partial charge on any atom is -0.480 e. The zero-order valence-corrected chi connectivity index (χ0v) is 18.9. The van der Waals surface area contributed by atoms with E-state index in [-0.39, 0.29) is 11.9 Å². The largest absolute Gasteiger partial charge is 0.480 e. The lowest BCUT2D eigenvalue weighted by Crippen LogP contribution is -2.32. The van der Waals surface area contributed by atoms with Gasteiger partial charge in [0.1, 0.15) is 30.0 Å². The normalized spacial score (nSPS) is 19.2. The number of nitrogens with zero attached hydrogens (tertiary/aromatic N) is 3. The van der Waals surface area contributed by atoms with Crippen LogP contribution in [0.2, 0.25) is 5.02 Å². The molecule has 154 valence electrons. The van der Waals surface area contributed by atoms with Crippen molar-refractivity contribution in [2.24, 2.45) is 0 Å². The van der Waals surface area contributed by atoms with Crippen LogP contribution in [0.4, 0.5) is 10.3 Å². The highest BCUT2D eigenvalue weighted by Crippen LogP contribution is 2.51. The lowest BCUT2D eigenvalue weighted by molar-refractivity contribution is 0.223. The summed E-state index contributed by atoms with van der Waals surface area (Å²) in [5.74, 6) is 1.01. The molecule has 0 amide bonds. The Bertz CT molecular complexity index is 1350. The number of hydrogen-bond acceptors (Lipinski definition) is 5. The third-order valence-corrected chi connectivity index (χ3v) is 7.20. The highest BCUT2D eigenvalue weighted by atomic mass is 79.9. The van der Waals surface area contributed by atoms with Crippen LogP contribution in [0.25, 0.3) is 5.70 Å². The summed E-state index contributed by atoms with van der Waals surface area (Å²) in [6.07, 6.45) is 1.07. The van der Waals surface area contributed by atoms with Crippen molar-refractivity contribution in [3.63, 3.8) is 0 Å². The zero-order chi connectivity index (χ0) is 21.1. The Hall–Kier alpha value is -2.68. The van der Waals surface area contributed by atoms with Gasteiger partial charge in [-0.2, -0.15) is 10.1 Å². The van der Waals surface area contributed by atoms with E-state index in [1.54, 1.807) is 29.5 Å². The zero-order valence-electron chi connectivity index (χ0n) is 15.7. The summed E-state index contributed by atoms with van der Waals surface area (Å²) >= 11 is 11.3. The van der Waals surface area contributed by atoms with Gasteiger partial charge < -0.3 is 10.1 Å². The summed E-state index contributed by atoms with van der Waals surface area (Å²) in [6, 6.07) is 14.3. The van der Waals surface area contributed by atoms with Gasteiger partial charge in [0.2, 0.25) is 5.95 Å². The highest BCUT2D eigenvalue weighted by molar-refractivity contribution is 9.10. The fraction of sp³-hybridized carbons (Fsp3) is 0.0909. The van der Waals surface area contributed by atoms with Crippen LogP contribution in [0.1, 0.15) is 28.1 Å². The number of fused-ring (bicyclic) bond motifs is 3. The molecule has 0 saturated carbocycles. The summed E-state index contributed by atoms with van der Waals surface area (Å²) in [4.78, 5) is 5.51. The molecular formula is C22H13BrClFN4OS. The van der Waals surface area contributed by atoms with Crippen LogP contribution in [0.3, 0.4) is 0 Å². The lowest BCUT2D eigenvalue weighted by Gasteiger charge is -2.38. The van der Waals surface area contributed by atoms with Crippen molar-refractivity contribution in [3.8, 4) is 5.75 Å². The van der Waals surface area contributed by atoms with Gasteiger partial charge in [0.25, 0.3) is 0 Å².